The van der Waals surface area contributed by atoms with Crippen molar-refractivity contribution in [2.45, 2.75) is 26.9 Å². The number of halogens is 3. The highest BCUT2D eigenvalue weighted by atomic mass is 19.4. The molecule has 0 atom stereocenters. The van der Waals surface area contributed by atoms with Gasteiger partial charge in [0.15, 0.2) is 0 Å². The van der Waals surface area contributed by atoms with Gasteiger partial charge in [0.25, 0.3) is 5.91 Å². The van der Waals surface area contributed by atoms with Gasteiger partial charge in [0.05, 0.1) is 16.8 Å². The Morgan fingerprint density at radius 1 is 1.32 bits per heavy atom. The number of nitrogens with zero attached hydrogens (tertiary/aromatic N) is 1. The second-order valence-corrected chi connectivity index (χ2v) is 5.66. The van der Waals surface area contributed by atoms with Gasteiger partial charge in [0.2, 0.25) is 0 Å². The maximum absolute atomic E-state index is 12.6. The first-order valence-electron chi connectivity index (χ1n) is 6.32. The van der Waals surface area contributed by atoms with Crippen LogP contribution in [0.25, 0.3) is 0 Å². The van der Waals surface area contributed by atoms with Crippen LogP contribution >= 0.6 is 0 Å². The van der Waals surface area contributed by atoms with Gasteiger partial charge in [-0.3, -0.25) is 4.79 Å². The van der Waals surface area contributed by atoms with Gasteiger partial charge in [-0.1, -0.05) is 25.9 Å². The molecule has 0 saturated carbocycles. The van der Waals surface area contributed by atoms with Crippen molar-refractivity contribution in [2.75, 3.05) is 6.61 Å². The highest BCUT2D eigenvalue weighted by Crippen LogP contribution is 2.32. The summed E-state index contributed by atoms with van der Waals surface area (Å²) >= 11 is 0. The molecule has 1 rings (SSSR count). The molecule has 1 amide bonds. The first kappa shape index (κ1) is 17.8. The molecule has 0 unspecified atom stereocenters. The summed E-state index contributed by atoms with van der Waals surface area (Å²) in [4.78, 5) is 11.3. The number of nitrogens with two attached hydrogens (primary N) is 1. The zero-order chi connectivity index (χ0) is 17.1. The largest absolute Gasteiger partial charge is 0.487 e. The van der Waals surface area contributed by atoms with Crippen LogP contribution in [0.15, 0.2) is 23.4 Å². The molecule has 0 aliphatic rings. The average molecular weight is 318 g/mol. The molecule has 5 nitrogen and oxygen atoms in total. The number of carbonyl (C=O) groups excluding carboxylic acids is 1. The van der Waals surface area contributed by atoms with Crippen molar-refractivity contribution in [2.24, 2.45) is 16.3 Å². The summed E-state index contributed by atoms with van der Waals surface area (Å²) in [5.74, 6) is -1.15. The van der Waals surface area contributed by atoms with E-state index >= 15 is 0 Å². The van der Waals surface area contributed by atoms with Crippen molar-refractivity contribution in [3.05, 3.63) is 29.3 Å². The van der Waals surface area contributed by atoms with Crippen LogP contribution in [0.2, 0.25) is 0 Å². The van der Waals surface area contributed by atoms with Crippen molar-refractivity contribution in [3.63, 3.8) is 0 Å². The zero-order valence-electron chi connectivity index (χ0n) is 12.4. The van der Waals surface area contributed by atoms with Crippen LogP contribution in [0.1, 0.15) is 36.7 Å². The van der Waals surface area contributed by atoms with Crippen LogP contribution in [0, 0.1) is 5.41 Å². The topological polar surface area (TPSA) is 84.9 Å². The van der Waals surface area contributed by atoms with Crippen molar-refractivity contribution in [1.29, 1.82) is 0 Å². The maximum atomic E-state index is 12.6. The van der Waals surface area contributed by atoms with Crippen LogP contribution in [0.4, 0.5) is 13.2 Å². The lowest BCUT2D eigenvalue weighted by Gasteiger charge is -2.20. The molecule has 0 bridgehead atoms. The molecule has 1 aromatic rings. The minimum atomic E-state index is -4.59. The second kappa shape index (κ2) is 6.25. The van der Waals surface area contributed by atoms with Gasteiger partial charge >= 0.3 is 6.18 Å². The Morgan fingerprint density at radius 2 is 1.91 bits per heavy atom. The number of hydrogen-bond donors (Lipinski definition) is 2. The molecule has 0 fully saturated rings. The van der Waals surface area contributed by atoms with Gasteiger partial charge in [0, 0.05) is 5.41 Å². The number of amides is 1. The molecular weight excluding hydrogens is 301 g/mol. The molecule has 122 valence electrons. The normalized spacial score (nSPS) is 13.1. The number of oxime groups is 1. The number of primary amides is 1. The number of rotatable bonds is 4. The Labute approximate surface area is 125 Å². The molecule has 0 spiro atoms. The third-order valence-corrected chi connectivity index (χ3v) is 2.92. The van der Waals surface area contributed by atoms with Gasteiger partial charge in [-0.2, -0.15) is 13.2 Å². The number of benzene rings is 1. The maximum Gasteiger partial charge on any atom is 0.416 e. The summed E-state index contributed by atoms with van der Waals surface area (Å²) in [6.07, 6.45) is -4.59. The quantitative estimate of drug-likeness (QED) is 0.508. The van der Waals surface area contributed by atoms with E-state index in [1.165, 1.54) is 0 Å². The molecule has 0 saturated heterocycles. The Balaban J connectivity index is 3.08. The van der Waals surface area contributed by atoms with E-state index in [4.69, 9.17) is 15.7 Å². The van der Waals surface area contributed by atoms with Crippen LogP contribution in [-0.4, -0.2) is 23.4 Å². The summed E-state index contributed by atoms with van der Waals surface area (Å²) in [5, 5.41) is 12.0. The molecular formula is C14H17F3N2O3. The summed E-state index contributed by atoms with van der Waals surface area (Å²) in [6, 6.07) is 2.43. The smallest absolute Gasteiger partial charge is 0.416 e. The first-order chi connectivity index (χ1) is 9.96. The molecule has 8 heteroatoms. The van der Waals surface area contributed by atoms with Crippen molar-refractivity contribution >= 4 is 11.6 Å². The number of carbonyl (C=O) groups is 1. The number of hydrogen-bond acceptors (Lipinski definition) is 4. The predicted octanol–water partition coefficient (Wildman–Crippen LogP) is 3.06. The fourth-order valence-electron chi connectivity index (χ4n) is 1.57. The fourth-order valence-corrected chi connectivity index (χ4v) is 1.57. The molecule has 22 heavy (non-hydrogen) atoms. The summed E-state index contributed by atoms with van der Waals surface area (Å²) in [6.45, 7) is 5.12. The molecule has 0 aliphatic heterocycles. The Hall–Kier alpha value is -2.25. The van der Waals surface area contributed by atoms with E-state index in [9.17, 15) is 18.0 Å². The van der Waals surface area contributed by atoms with E-state index in [0.717, 1.165) is 12.1 Å². The SMILES string of the molecule is CC(C)(C)/C(COc1ccc(C(F)(F)F)cc1C(N)=O)=N/O. The van der Waals surface area contributed by atoms with E-state index in [1.807, 2.05) is 0 Å². The van der Waals surface area contributed by atoms with Gasteiger partial charge in [0.1, 0.15) is 12.4 Å². The number of ether oxygens (including phenoxy) is 1. The molecule has 3 N–H and O–H groups in total. The Kier molecular flexibility index (Phi) is 5.05. The summed E-state index contributed by atoms with van der Waals surface area (Å²) in [7, 11) is 0. The van der Waals surface area contributed by atoms with E-state index in [2.05, 4.69) is 5.16 Å². The lowest BCUT2D eigenvalue weighted by atomic mass is 9.90. The van der Waals surface area contributed by atoms with Gasteiger partial charge < -0.3 is 15.7 Å². The van der Waals surface area contributed by atoms with Crippen molar-refractivity contribution in [1.82, 2.24) is 0 Å². The summed E-state index contributed by atoms with van der Waals surface area (Å²) < 4.78 is 43.2. The first-order valence-corrected chi connectivity index (χ1v) is 6.32. The van der Waals surface area contributed by atoms with Gasteiger partial charge in [-0.25, -0.2) is 0 Å². The molecule has 0 heterocycles. The van der Waals surface area contributed by atoms with E-state index in [1.54, 1.807) is 20.8 Å². The van der Waals surface area contributed by atoms with Crippen molar-refractivity contribution in [3.8, 4) is 5.75 Å². The highest BCUT2D eigenvalue weighted by molar-refractivity contribution is 5.96. The third kappa shape index (κ3) is 4.37. The predicted molar refractivity (Wildman–Crippen MR) is 74.1 cm³/mol. The van der Waals surface area contributed by atoms with Crippen LogP contribution in [0.5, 0.6) is 5.75 Å². The van der Waals surface area contributed by atoms with Gasteiger partial charge in [-0.05, 0) is 18.2 Å². The molecule has 1 aromatic carbocycles. The fraction of sp³-hybridized carbons (Fsp3) is 0.429. The standard InChI is InChI=1S/C14H17F3N2O3/c1-13(2,3)11(19-21)7-22-10-5-4-8(14(15,16)17)6-9(10)12(18)20/h4-6,21H,7H2,1-3H3,(H2,18,20)/b19-11+. The minimum Gasteiger partial charge on any atom is -0.487 e. The minimum absolute atomic E-state index is 0.106. The molecule has 0 aromatic heterocycles. The monoisotopic (exact) mass is 318 g/mol. The lowest BCUT2D eigenvalue weighted by molar-refractivity contribution is -0.137. The Bertz CT molecular complexity index is 590. The summed E-state index contributed by atoms with van der Waals surface area (Å²) in [5.41, 5.74) is 3.46. The van der Waals surface area contributed by atoms with E-state index in [-0.39, 0.29) is 23.6 Å². The van der Waals surface area contributed by atoms with E-state index in [0.29, 0.717) is 6.07 Å². The van der Waals surface area contributed by atoms with Crippen molar-refractivity contribution < 1.29 is 27.9 Å². The van der Waals surface area contributed by atoms with Crippen LogP contribution in [-0.2, 0) is 6.18 Å². The second-order valence-electron chi connectivity index (χ2n) is 5.66. The highest BCUT2D eigenvalue weighted by Gasteiger charge is 2.32. The number of alkyl halides is 3. The Morgan fingerprint density at radius 3 is 2.32 bits per heavy atom. The van der Waals surface area contributed by atoms with Crippen LogP contribution in [0.3, 0.4) is 0 Å². The van der Waals surface area contributed by atoms with Gasteiger partial charge in [-0.15, -0.1) is 0 Å². The van der Waals surface area contributed by atoms with E-state index < -0.39 is 23.1 Å². The average Bonchev–Trinajstić information content (AvgIpc) is 2.36. The molecule has 0 aliphatic carbocycles. The zero-order valence-corrected chi connectivity index (χ0v) is 12.4. The lowest BCUT2D eigenvalue weighted by Crippen LogP contribution is -2.27. The van der Waals surface area contributed by atoms with Crippen LogP contribution < -0.4 is 10.5 Å². The third-order valence-electron chi connectivity index (χ3n) is 2.92. The molecule has 0 radical (unpaired) electrons.